The van der Waals surface area contributed by atoms with Crippen molar-refractivity contribution >= 4 is 5.97 Å². The number of carbonyl (C=O) groups is 1. The van der Waals surface area contributed by atoms with E-state index >= 15 is 0 Å². The summed E-state index contributed by atoms with van der Waals surface area (Å²) >= 11 is 0. The molecule has 3 heteroatoms. The SMILES string of the molecule is C=CC(=O)OC1(CCOC)C2CC3CC(C2)CC1C3. The number of hydrogen-bond acceptors (Lipinski definition) is 3. The molecule has 4 bridgehead atoms. The van der Waals surface area contributed by atoms with Gasteiger partial charge in [0.15, 0.2) is 0 Å². The molecule has 0 aromatic rings. The molecule has 0 atom stereocenters. The summed E-state index contributed by atoms with van der Waals surface area (Å²) in [5.74, 6) is 2.58. The molecule has 4 saturated carbocycles. The van der Waals surface area contributed by atoms with Crippen LogP contribution < -0.4 is 0 Å². The molecule has 106 valence electrons. The number of rotatable bonds is 5. The molecule has 0 spiro atoms. The van der Waals surface area contributed by atoms with Gasteiger partial charge < -0.3 is 9.47 Å². The lowest BCUT2D eigenvalue weighted by Gasteiger charge is -2.60. The molecule has 3 nitrogen and oxygen atoms in total. The Morgan fingerprint density at radius 2 is 1.79 bits per heavy atom. The van der Waals surface area contributed by atoms with Crippen LogP contribution in [0.25, 0.3) is 0 Å². The molecule has 4 fully saturated rings. The zero-order valence-electron chi connectivity index (χ0n) is 11.8. The second-order valence-electron chi connectivity index (χ2n) is 6.63. The predicted octanol–water partition coefficient (Wildman–Crippen LogP) is 2.95. The fourth-order valence-corrected chi connectivity index (χ4v) is 5.10. The normalized spacial score (nSPS) is 43.2. The van der Waals surface area contributed by atoms with E-state index in [0.717, 1.165) is 18.3 Å². The van der Waals surface area contributed by atoms with Gasteiger partial charge in [-0.25, -0.2) is 4.79 Å². The first-order chi connectivity index (χ1) is 9.18. The Balaban J connectivity index is 1.85. The van der Waals surface area contributed by atoms with E-state index in [1.807, 2.05) is 0 Å². The van der Waals surface area contributed by atoms with E-state index in [0.29, 0.717) is 18.4 Å². The molecule has 0 unspecified atom stereocenters. The lowest BCUT2D eigenvalue weighted by atomic mass is 9.49. The van der Waals surface area contributed by atoms with Gasteiger partial charge in [0.05, 0.1) is 6.61 Å². The highest BCUT2D eigenvalue weighted by atomic mass is 16.6. The first-order valence-corrected chi connectivity index (χ1v) is 7.52. The summed E-state index contributed by atoms with van der Waals surface area (Å²) in [6.45, 7) is 4.22. The van der Waals surface area contributed by atoms with Crippen LogP contribution in [-0.4, -0.2) is 25.3 Å². The van der Waals surface area contributed by atoms with Crippen LogP contribution in [0.1, 0.15) is 38.5 Å². The maximum atomic E-state index is 11.8. The zero-order chi connectivity index (χ0) is 13.5. The highest BCUT2D eigenvalue weighted by Crippen LogP contribution is 2.60. The van der Waals surface area contributed by atoms with Crippen LogP contribution in [0.5, 0.6) is 0 Å². The fourth-order valence-electron chi connectivity index (χ4n) is 5.10. The van der Waals surface area contributed by atoms with Crippen molar-refractivity contribution < 1.29 is 14.3 Å². The highest BCUT2D eigenvalue weighted by Gasteiger charge is 2.59. The standard InChI is InChI=1S/C16H24O3/c1-3-15(17)19-16(4-5-18-2)13-7-11-6-12(9-13)10-14(16)8-11/h3,11-14H,1,4-10H2,2H3. The van der Waals surface area contributed by atoms with E-state index in [1.165, 1.54) is 38.2 Å². The van der Waals surface area contributed by atoms with Crippen LogP contribution >= 0.6 is 0 Å². The Labute approximate surface area is 115 Å². The van der Waals surface area contributed by atoms with Crippen molar-refractivity contribution in [2.45, 2.75) is 44.1 Å². The van der Waals surface area contributed by atoms with Crippen LogP contribution in [0.4, 0.5) is 0 Å². The molecule has 0 aromatic heterocycles. The summed E-state index contributed by atoms with van der Waals surface area (Å²) in [7, 11) is 1.72. The van der Waals surface area contributed by atoms with Crippen LogP contribution in [0.3, 0.4) is 0 Å². The third-order valence-electron chi connectivity index (χ3n) is 5.67. The number of ether oxygens (including phenoxy) is 2. The summed E-state index contributed by atoms with van der Waals surface area (Å²) in [6.07, 6.45) is 8.50. The van der Waals surface area contributed by atoms with Gasteiger partial charge in [0.2, 0.25) is 0 Å². The lowest BCUT2D eigenvalue weighted by molar-refractivity contribution is -0.210. The van der Waals surface area contributed by atoms with Gasteiger partial charge in [-0.15, -0.1) is 0 Å². The summed E-state index contributed by atoms with van der Waals surface area (Å²) in [4.78, 5) is 11.8. The molecule has 19 heavy (non-hydrogen) atoms. The number of esters is 1. The summed E-state index contributed by atoms with van der Waals surface area (Å²) in [5.41, 5.74) is -0.269. The average molecular weight is 264 g/mol. The van der Waals surface area contributed by atoms with Crippen molar-refractivity contribution in [3.8, 4) is 0 Å². The summed E-state index contributed by atoms with van der Waals surface area (Å²) < 4.78 is 11.2. The Morgan fingerprint density at radius 1 is 1.21 bits per heavy atom. The van der Waals surface area contributed by atoms with Crippen molar-refractivity contribution in [1.82, 2.24) is 0 Å². The van der Waals surface area contributed by atoms with E-state index in [2.05, 4.69) is 6.58 Å². The van der Waals surface area contributed by atoms with Gasteiger partial charge in [0, 0.05) is 19.6 Å². The lowest BCUT2D eigenvalue weighted by Crippen LogP contribution is -2.60. The summed E-state index contributed by atoms with van der Waals surface area (Å²) in [5, 5.41) is 0. The van der Waals surface area contributed by atoms with E-state index in [1.54, 1.807) is 7.11 Å². The number of methoxy groups -OCH3 is 1. The maximum absolute atomic E-state index is 11.8. The number of carbonyl (C=O) groups excluding carboxylic acids is 1. The fraction of sp³-hybridized carbons (Fsp3) is 0.812. The minimum Gasteiger partial charge on any atom is -0.455 e. The highest BCUT2D eigenvalue weighted by molar-refractivity contribution is 5.81. The zero-order valence-corrected chi connectivity index (χ0v) is 11.8. The Hall–Kier alpha value is -0.830. The predicted molar refractivity (Wildman–Crippen MR) is 72.6 cm³/mol. The Bertz CT molecular complexity index is 346. The molecule has 0 amide bonds. The molecular formula is C16H24O3. The summed E-state index contributed by atoms with van der Waals surface area (Å²) in [6, 6.07) is 0. The molecule has 4 aliphatic carbocycles. The van der Waals surface area contributed by atoms with Crippen LogP contribution in [0.2, 0.25) is 0 Å². The Morgan fingerprint density at radius 3 is 2.26 bits per heavy atom. The number of hydrogen-bond donors (Lipinski definition) is 0. The quantitative estimate of drug-likeness (QED) is 0.566. The van der Waals surface area contributed by atoms with Gasteiger partial charge in [0.1, 0.15) is 5.60 Å². The first kappa shape index (κ1) is 13.2. The van der Waals surface area contributed by atoms with Crippen molar-refractivity contribution in [2.75, 3.05) is 13.7 Å². The van der Waals surface area contributed by atoms with Gasteiger partial charge in [0.25, 0.3) is 0 Å². The first-order valence-electron chi connectivity index (χ1n) is 7.52. The second-order valence-corrected chi connectivity index (χ2v) is 6.63. The largest absolute Gasteiger partial charge is 0.455 e. The topological polar surface area (TPSA) is 35.5 Å². The molecule has 0 saturated heterocycles. The average Bonchev–Trinajstić information content (AvgIpc) is 2.40. The van der Waals surface area contributed by atoms with E-state index in [4.69, 9.17) is 9.47 Å². The van der Waals surface area contributed by atoms with Crippen LogP contribution in [0.15, 0.2) is 12.7 Å². The minimum atomic E-state index is -0.269. The maximum Gasteiger partial charge on any atom is 0.330 e. The van der Waals surface area contributed by atoms with E-state index < -0.39 is 0 Å². The van der Waals surface area contributed by atoms with Gasteiger partial charge in [-0.05, 0) is 55.8 Å². The third-order valence-corrected chi connectivity index (χ3v) is 5.67. The van der Waals surface area contributed by atoms with Gasteiger partial charge in [-0.1, -0.05) is 6.58 Å². The van der Waals surface area contributed by atoms with Gasteiger partial charge >= 0.3 is 5.97 Å². The molecule has 0 radical (unpaired) electrons. The molecule has 0 N–H and O–H groups in total. The van der Waals surface area contributed by atoms with Crippen molar-refractivity contribution in [3.05, 3.63) is 12.7 Å². The van der Waals surface area contributed by atoms with E-state index in [9.17, 15) is 4.79 Å². The van der Waals surface area contributed by atoms with E-state index in [-0.39, 0.29) is 11.6 Å². The molecule has 4 rings (SSSR count). The molecule has 4 aliphatic rings. The smallest absolute Gasteiger partial charge is 0.330 e. The van der Waals surface area contributed by atoms with Gasteiger partial charge in [-0.3, -0.25) is 0 Å². The monoisotopic (exact) mass is 264 g/mol. The van der Waals surface area contributed by atoms with Crippen LogP contribution in [0, 0.1) is 23.7 Å². The van der Waals surface area contributed by atoms with Gasteiger partial charge in [-0.2, -0.15) is 0 Å². The second kappa shape index (κ2) is 4.93. The van der Waals surface area contributed by atoms with Crippen molar-refractivity contribution in [1.29, 1.82) is 0 Å². The molecular weight excluding hydrogens is 240 g/mol. The molecule has 0 aliphatic heterocycles. The van der Waals surface area contributed by atoms with Crippen molar-refractivity contribution in [3.63, 3.8) is 0 Å². The Kier molecular flexibility index (Phi) is 3.42. The minimum absolute atomic E-state index is 0.261. The molecule has 0 heterocycles. The third kappa shape index (κ3) is 2.12. The van der Waals surface area contributed by atoms with Crippen molar-refractivity contribution in [2.24, 2.45) is 23.7 Å². The van der Waals surface area contributed by atoms with Crippen LogP contribution in [-0.2, 0) is 14.3 Å². The molecule has 0 aromatic carbocycles.